The molecule has 1 aromatic carbocycles. The van der Waals surface area contributed by atoms with Crippen molar-refractivity contribution >= 4 is 31.6 Å². The summed E-state index contributed by atoms with van der Waals surface area (Å²) in [6, 6.07) is 1.34. The van der Waals surface area contributed by atoms with Gasteiger partial charge in [-0.15, -0.1) is 0 Å². The Morgan fingerprint density at radius 1 is 1.00 bits per heavy atom. The maximum Gasteiger partial charge on any atom is 0.239 e. The van der Waals surface area contributed by atoms with Crippen molar-refractivity contribution in [2.75, 3.05) is 0 Å². The first-order chi connectivity index (χ1) is 7.03. The first-order valence-corrected chi connectivity index (χ1v) is 7.08. The molecular weight excluding hydrogens is 280 g/mol. The van der Waals surface area contributed by atoms with Crippen molar-refractivity contribution in [3.05, 3.63) is 17.2 Å². The van der Waals surface area contributed by atoms with E-state index in [2.05, 4.69) is 0 Å². The van der Waals surface area contributed by atoms with Crippen molar-refractivity contribution in [1.82, 2.24) is 0 Å². The minimum Gasteiger partial charge on any atom is -0.506 e. The van der Waals surface area contributed by atoms with E-state index in [0.717, 1.165) is 0 Å². The summed E-state index contributed by atoms with van der Waals surface area (Å²) in [7, 11) is -8.64. The van der Waals surface area contributed by atoms with Crippen LogP contribution in [0.3, 0.4) is 0 Å². The fourth-order valence-corrected chi connectivity index (χ4v) is 3.13. The predicted octanol–water partition coefficient (Wildman–Crippen LogP) is -0.660. The zero-order valence-corrected chi connectivity index (χ0v) is 9.97. The molecule has 0 unspecified atom stereocenters. The molecular formula is C6H7ClN2O5S2. The molecule has 1 rings (SSSR count). The van der Waals surface area contributed by atoms with Gasteiger partial charge in [0.15, 0.2) is 0 Å². The lowest BCUT2D eigenvalue weighted by Crippen LogP contribution is -2.20. The van der Waals surface area contributed by atoms with Crippen molar-refractivity contribution in [2.24, 2.45) is 10.3 Å². The molecule has 0 amide bonds. The first kappa shape index (κ1) is 13.2. The molecule has 0 fully saturated rings. The summed E-state index contributed by atoms with van der Waals surface area (Å²) in [5.74, 6) is -0.613. The largest absolute Gasteiger partial charge is 0.506 e. The molecule has 0 spiro atoms. The van der Waals surface area contributed by atoms with Crippen LogP contribution in [0.15, 0.2) is 21.9 Å². The van der Waals surface area contributed by atoms with Gasteiger partial charge in [0.25, 0.3) is 0 Å². The van der Waals surface area contributed by atoms with Gasteiger partial charge in [-0.3, -0.25) is 0 Å². The molecule has 0 saturated carbocycles. The number of halogens is 1. The van der Waals surface area contributed by atoms with Gasteiger partial charge in [0.1, 0.15) is 15.5 Å². The predicted molar refractivity (Wildman–Crippen MR) is 55.9 cm³/mol. The Kier molecular flexibility index (Phi) is 3.18. The van der Waals surface area contributed by atoms with Crippen LogP contribution >= 0.6 is 11.6 Å². The summed E-state index contributed by atoms with van der Waals surface area (Å²) in [6.45, 7) is 0. The third kappa shape index (κ3) is 2.62. The van der Waals surface area contributed by atoms with Crippen molar-refractivity contribution in [1.29, 1.82) is 0 Å². The number of sulfonamides is 2. The van der Waals surface area contributed by atoms with E-state index in [9.17, 15) is 16.8 Å². The Morgan fingerprint density at radius 3 is 1.75 bits per heavy atom. The maximum atomic E-state index is 11.1. The van der Waals surface area contributed by atoms with E-state index in [1.54, 1.807) is 0 Å². The van der Waals surface area contributed by atoms with Gasteiger partial charge in [0.05, 0.1) is 5.02 Å². The summed E-state index contributed by atoms with van der Waals surface area (Å²) in [5.41, 5.74) is 0. The van der Waals surface area contributed by atoms with Gasteiger partial charge in [0.2, 0.25) is 20.0 Å². The van der Waals surface area contributed by atoms with Gasteiger partial charge in [0, 0.05) is 6.07 Å². The summed E-state index contributed by atoms with van der Waals surface area (Å²) >= 11 is 5.44. The zero-order chi connectivity index (χ0) is 12.7. The normalized spacial score (nSPS) is 12.7. The van der Waals surface area contributed by atoms with E-state index in [1.807, 2.05) is 0 Å². The number of hydrogen-bond donors (Lipinski definition) is 3. The van der Waals surface area contributed by atoms with Crippen LogP contribution in [-0.2, 0) is 20.0 Å². The lowest BCUT2D eigenvalue weighted by Gasteiger charge is -2.07. The zero-order valence-electron chi connectivity index (χ0n) is 7.58. The molecule has 0 aliphatic carbocycles. The van der Waals surface area contributed by atoms with Crippen LogP contribution in [0.5, 0.6) is 5.75 Å². The minimum absolute atomic E-state index is 0.351. The highest BCUT2D eigenvalue weighted by Gasteiger charge is 2.23. The highest BCUT2D eigenvalue weighted by molar-refractivity contribution is 7.92. The molecule has 0 heterocycles. The Balaban J connectivity index is 3.80. The van der Waals surface area contributed by atoms with Crippen LogP contribution in [-0.4, -0.2) is 21.9 Å². The van der Waals surface area contributed by atoms with Gasteiger partial charge in [-0.1, -0.05) is 11.6 Å². The third-order valence-corrected chi connectivity index (χ3v) is 3.96. The molecule has 0 saturated heterocycles. The van der Waals surface area contributed by atoms with Gasteiger partial charge in [-0.05, 0) is 6.07 Å². The first-order valence-electron chi connectivity index (χ1n) is 3.61. The molecule has 1 aromatic rings. The standard InChI is InChI=1S/C6H7ClN2O5S2/c7-3-1-5(15(8,11)12)6(2-4(3)10)16(9,13)14/h1-2,10H,(H2,8,11,12)(H2,9,13,14). The smallest absolute Gasteiger partial charge is 0.239 e. The lowest BCUT2D eigenvalue weighted by atomic mass is 10.3. The number of hydrogen-bond acceptors (Lipinski definition) is 5. The lowest BCUT2D eigenvalue weighted by molar-refractivity contribution is 0.472. The number of primary sulfonamides is 2. The summed E-state index contributed by atoms with van der Waals surface area (Å²) < 4.78 is 44.3. The highest BCUT2D eigenvalue weighted by Crippen LogP contribution is 2.30. The molecule has 7 nitrogen and oxygen atoms in total. The maximum absolute atomic E-state index is 11.1. The number of phenolic OH excluding ortho intramolecular Hbond substituents is 1. The van der Waals surface area contributed by atoms with Crippen LogP contribution in [0, 0.1) is 0 Å². The average Bonchev–Trinajstić information content (AvgIpc) is 2.05. The van der Waals surface area contributed by atoms with Crippen molar-refractivity contribution in [3.63, 3.8) is 0 Å². The van der Waals surface area contributed by atoms with E-state index in [-0.39, 0.29) is 5.02 Å². The van der Waals surface area contributed by atoms with Crippen molar-refractivity contribution < 1.29 is 21.9 Å². The molecule has 0 aliphatic heterocycles. The van der Waals surface area contributed by atoms with Crippen molar-refractivity contribution in [2.45, 2.75) is 9.79 Å². The molecule has 5 N–H and O–H groups in total. The SMILES string of the molecule is NS(=O)(=O)c1cc(O)c(Cl)cc1S(N)(=O)=O. The quantitative estimate of drug-likeness (QED) is 0.662. The molecule has 10 heteroatoms. The number of rotatable bonds is 2. The van der Waals surface area contributed by atoms with Gasteiger partial charge in [-0.25, -0.2) is 27.1 Å². The van der Waals surface area contributed by atoms with E-state index >= 15 is 0 Å². The molecule has 0 aromatic heterocycles. The Labute approximate surface area is 96.7 Å². The molecule has 0 atom stereocenters. The molecule has 90 valence electrons. The van der Waals surface area contributed by atoms with Crippen LogP contribution < -0.4 is 10.3 Å². The van der Waals surface area contributed by atoms with Gasteiger partial charge in [-0.2, -0.15) is 0 Å². The topological polar surface area (TPSA) is 141 Å². The van der Waals surface area contributed by atoms with Gasteiger partial charge < -0.3 is 5.11 Å². The number of benzene rings is 1. The fraction of sp³-hybridized carbons (Fsp3) is 0. The minimum atomic E-state index is -4.33. The second kappa shape index (κ2) is 3.86. The summed E-state index contributed by atoms with van der Waals surface area (Å²) in [5, 5.41) is 18.4. The summed E-state index contributed by atoms with van der Waals surface area (Å²) in [4.78, 5) is -1.57. The summed E-state index contributed by atoms with van der Waals surface area (Å²) in [6.07, 6.45) is 0. The number of phenols is 1. The Hall–Kier alpha value is -0.870. The number of nitrogens with two attached hydrogens (primary N) is 2. The van der Waals surface area contributed by atoms with Crippen LogP contribution in [0.2, 0.25) is 5.02 Å². The Bertz CT molecular complexity index is 580. The third-order valence-electron chi connectivity index (χ3n) is 1.63. The monoisotopic (exact) mass is 286 g/mol. The van der Waals surface area contributed by atoms with Crippen LogP contribution in [0.1, 0.15) is 0 Å². The second-order valence-corrected chi connectivity index (χ2v) is 6.31. The molecule has 16 heavy (non-hydrogen) atoms. The van der Waals surface area contributed by atoms with Crippen LogP contribution in [0.25, 0.3) is 0 Å². The van der Waals surface area contributed by atoms with Gasteiger partial charge >= 0.3 is 0 Å². The van der Waals surface area contributed by atoms with Crippen molar-refractivity contribution in [3.8, 4) is 5.75 Å². The van der Waals surface area contributed by atoms with E-state index in [1.165, 1.54) is 0 Å². The highest BCUT2D eigenvalue weighted by atomic mass is 35.5. The van der Waals surface area contributed by atoms with E-state index in [4.69, 9.17) is 27.0 Å². The molecule has 0 aliphatic rings. The number of aromatic hydroxyl groups is 1. The van der Waals surface area contributed by atoms with E-state index in [0.29, 0.717) is 12.1 Å². The Morgan fingerprint density at radius 2 is 1.38 bits per heavy atom. The average molecular weight is 287 g/mol. The van der Waals surface area contributed by atoms with Crippen LogP contribution in [0.4, 0.5) is 0 Å². The van der Waals surface area contributed by atoms with E-state index < -0.39 is 35.6 Å². The fourth-order valence-electron chi connectivity index (χ4n) is 0.969. The second-order valence-electron chi connectivity index (χ2n) is 2.84. The molecule has 0 bridgehead atoms. The molecule has 0 radical (unpaired) electrons.